The largest absolute Gasteiger partial charge is 0.489 e. The van der Waals surface area contributed by atoms with E-state index in [2.05, 4.69) is 10.6 Å². The lowest BCUT2D eigenvalue weighted by Gasteiger charge is -2.13. The van der Waals surface area contributed by atoms with Crippen molar-refractivity contribution in [3.63, 3.8) is 0 Å². The Kier molecular flexibility index (Phi) is 6.49. The topological polar surface area (TPSA) is 70.6 Å². The summed E-state index contributed by atoms with van der Waals surface area (Å²) in [5.41, 5.74) is 0. The van der Waals surface area contributed by atoms with Crippen LogP contribution < -0.4 is 15.4 Å². The number of hydrogen-bond donors (Lipinski definition) is 3. The molecule has 6 heteroatoms. The van der Waals surface area contributed by atoms with Gasteiger partial charge in [-0.25, -0.2) is 0 Å². The number of para-hydroxylation sites is 1. The van der Waals surface area contributed by atoms with E-state index in [1.54, 1.807) is 31.3 Å². The van der Waals surface area contributed by atoms with Crippen molar-refractivity contribution in [2.45, 2.75) is 6.10 Å². The number of halogens is 1. The highest BCUT2D eigenvalue weighted by atomic mass is 35.5. The fraction of sp³-hybridized carbons (Fsp3) is 0.417. The number of ether oxygens (including phenoxy) is 1. The number of aliphatic hydroxyl groups is 1. The zero-order chi connectivity index (χ0) is 13.4. The smallest absolute Gasteiger partial charge is 0.233 e. The van der Waals surface area contributed by atoms with E-state index >= 15 is 0 Å². The molecule has 5 nitrogen and oxygen atoms in total. The molecular weight excluding hydrogens is 256 g/mol. The van der Waals surface area contributed by atoms with Gasteiger partial charge in [0.2, 0.25) is 5.91 Å². The summed E-state index contributed by atoms with van der Waals surface area (Å²) in [6, 6.07) is 7.05. The molecule has 1 atom stereocenters. The second-order valence-electron chi connectivity index (χ2n) is 3.70. The molecule has 0 radical (unpaired) electrons. The summed E-state index contributed by atoms with van der Waals surface area (Å²) in [4.78, 5) is 10.9. The third-order valence-corrected chi connectivity index (χ3v) is 2.52. The molecule has 0 aliphatic carbocycles. The first-order valence-corrected chi connectivity index (χ1v) is 5.98. The van der Waals surface area contributed by atoms with Gasteiger partial charge in [-0.1, -0.05) is 23.7 Å². The van der Waals surface area contributed by atoms with E-state index in [0.29, 0.717) is 10.8 Å². The van der Waals surface area contributed by atoms with E-state index in [4.69, 9.17) is 16.3 Å². The number of carbonyl (C=O) groups excluding carboxylic acids is 1. The Balaban J connectivity index is 2.23. The van der Waals surface area contributed by atoms with E-state index in [9.17, 15) is 9.90 Å². The zero-order valence-corrected chi connectivity index (χ0v) is 10.9. The summed E-state index contributed by atoms with van der Waals surface area (Å²) in [6.45, 7) is 0.558. The lowest BCUT2D eigenvalue weighted by atomic mass is 10.3. The minimum Gasteiger partial charge on any atom is -0.489 e. The number of amides is 1. The van der Waals surface area contributed by atoms with Gasteiger partial charge in [0.1, 0.15) is 18.5 Å². The average Bonchev–Trinajstić information content (AvgIpc) is 2.37. The van der Waals surface area contributed by atoms with Gasteiger partial charge in [-0.3, -0.25) is 4.79 Å². The van der Waals surface area contributed by atoms with Gasteiger partial charge in [-0.05, 0) is 12.1 Å². The van der Waals surface area contributed by atoms with Gasteiger partial charge in [0.25, 0.3) is 0 Å². The second kappa shape index (κ2) is 7.92. The number of carbonyl (C=O) groups is 1. The molecule has 1 aromatic rings. The molecule has 1 unspecified atom stereocenters. The molecule has 0 spiro atoms. The molecule has 0 aromatic heterocycles. The summed E-state index contributed by atoms with van der Waals surface area (Å²) < 4.78 is 5.36. The van der Waals surface area contributed by atoms with Crippen LogP contribution in [0.15, 0.2) is 24.3 Å². The molecule has 0 aliphatic heterocycles. The van der Waals surface area contributed by atoms with Crippen molar-refractivity contribution in [3.05, 3.63) is 29.3 Å². The fourth-order valence-electron chi connectivity index (χ4n) is 1.25. The molecule has 100 valence electrons. The van der Waals surface area contributed by atoms with Crippen LogP contribution in [-0.4, -0.2) is 43.9 Å². The summed E-state index contributed by atoms with van der Waals surface area (Å²) in [6.07, 6.45) is -0.703. The van der Waals surface area contributed by atoms with Crippen molar-refractivity contribution < 1.29 is 14.6 Å². The van der Waals surface area contributed by atoms with Gasteiger partial charge in [-0.2, -0.15) is 0 Å². The first kappa shape index (κ1) is 14.8. The Bertz CT molecular complexity index is 387. The van der Waals surface area contributed by atoms with Crippen LogP contribution in [0.5, 0.6) is 5.75 Å². The second-order valence-corrected chi connectivity index (χ2v) is 4.11. The van der Waals surface area contributed by atoms with Crippen LogP contribution in [0, 0.1) is 0 Å². The van der Waals surface area contributed by atoms with E-state index in [-0.39, 0.29) is 25.6 Å². The molecule has 0 heterocycles. The van der Waals surface area contributed by atoms with Gasteiger partial charge < -0.3 is 20.5 Å². The Hall–Kier alpha value is -1.30. The minimum absolute atomic E-state index is 0.116. The van der Waals surface area contributed by atoms with Gasteiger partial charge in [0, 0.05) is 13.6 Å². The quantitative estimate of drug-likeness (QED) is 0.673. The average molecular weight is 273 g/mol. The van der Waals surface area contributed by atoms with Crippen LogP contribution in [0.1, 0.15) is 0 Å². The molecule has 1 amide bonds. The fourth-order valence-corrected chi connectivity index (χ4v) is 1.44. The Labute approximate surface area is 111 Å². The van der Waals surface area contributed by atoms with Gasteiger partial charge >= 0.3 is 0 Å². The summed E-state index contributed by atoms with van der Waals surface area (Å²) in [7, 11) is 1.56. The molecule has 3 N–H and O–H groups in total. The molecule has 0 saturated carbocycles. The van der Waals surface area contributed by atoms with Crippen molar-refractivity contribution in [2.24, 2.45) is 0 Å². The Morgan fingerprint density at radius 3 is 2.89 bits per heavy atom. The molecule has 1 rings (SSSR count). The predicted octanol–water partition coefficient (Wildman–Crippen LogP) is 0.415. The Morgan fingerprint density at radius 2 is 2.22 bits per heavy atom. The highest BCUT2D eigenvalue weighted by Crippen LogP contribution is 2.22. The summed E-state index contributed by atoms with van der Waals surface area (Å²) in [5, 5.41) is 15.4. The van der Waals surface area contributed by atoms with Gasteiger partial charge in [-0.15, -0.1) is 0 Å². The molecule has 0 bridgehead atoms. The number of nitrogens with one attached hydrogen (secondary N) is 2. The molecule has 18 heavy (non-hydrogen) atoms. The van der Waals surface area contributed by atoms with Crippen LogP contribution in [0.3, 0.4) is 0 Å². The molecule has 0 fully saturated rings. The molecule has 1 aromatic carbocycles. The van der Waals surface area contributed by atoms with E-state index in [1.807, 2.05) is 0 Å². The minimum atomic E-state index is -0.703. The number of hydrogen-bond acceptors (Lipinski definition) is 4. The SMILES string of the molecule is CNC(=O)CNCC(O)COc1ccccc1Cl. The van der Waals surface area contributed by atoms with Crippen LogP contribution in [-0.2, 0) is 4.79 Å². The third kappa shape index (κ3) is 5.35. The van der Waals surface area contributed by atoms with Crippen molar-refractivity contribution in [3.8, 4) is 5.75 Å². The third-order valence-electron chi connectivity index (χ3n) is 2.21. The monoisotopic (exact) mass is 272 g/mol. The molecule has 0 aliphatic rings. The van der Waals surface area contributed by atoms with Crippen molar-refractivity contribution in [1.82, 2.24) is 10.6 Å². The lowest BCUT2D eigenvalue weighted by Crippen LogP contribution is -2.37. The summed E-state index contributed by atoms with van der Waals surface area (Å²) >= 11 is 5.90. The predicted molar refractivity (Wildman–Crippen MR) is 69.9 cm³/mol. The number of benzene rings is 1. The maximum atomic E-state index is 10.9. The van der Waals surface area contributed by atoms with Crippen molar-refractivity contribution in [2.75, 3.05) is 26.7 Å². The standard InChI is InChI=1S/C12H17ClN2O3/c1-14-12(17)7-15-6-9(16)8-18-11-5-3-2-4-10(11)13/h2-5,9,15-16H,6-8H2,1H3,(H,14,17). The van der Waals surface area contributed by atoms with Gasteiger partial charge in [0.05, 0.1) is 11.6 Å². The van der Waals surface area contributed by atoms with Crippen LogP contribution >= 0.6 is 11.6 Å². The van der Waals surface area contributed by atoms with E-state index in [0.717, 1.165) is 0 Å². The summed E-state index contributed by atoms with van der Waals surface area (Å²) in [5.74, 6) is 0.402. The first-order chi connectivity index (χ1) is 8.63. The number of likely N-dealkylation sites (N-methyl/N-ethyl adjacent to an activating group) is 1. The Morgan fingerprint density at radius 1 is 1.50 bits per heavy atom. The maximum Gasteiger partial charge on any atom is 0.233 e. The van der Waals surface area contributed by atoms with Crippen LogP contribution in [0.25, 0.3) is 0 Å². The van der Waals surface area contributed by atoms with E-state index < -0.39 is 6.10 Å². The zero-order valence-electron chi connectivity index (χ0n) is 10.1. The van der Waals surface area contributed by atoms with Crippen LogP contribution in [0.4, 0.5) is 0 Å². The molecular formula is C12H17ClN2O3. The first-order valence-electron chi connectivity index (χ1n) is 5.60. The normalized spacial score (nSPS) is 11.9. The van der Waals surface area contributed by atoms with Gasteiger partial charge in [0.15, 0.2) is 0 Å². The number of aliphatic hydroxyl groups excluding tert-OH is 1. The maximum absolute atomic E-state index is 10.9. The molecule has 0 saturated heterocycles. The highest BCUT2D eigenvalue weighted by molar-refractivity contribution is 6.32. The van der Waals surface area contributed by atoms with Crippen molar-refractivity contribution >= 4 is 17.5 Å². The van der Waals surface area contributed by atoms with Crippen LogP contribution in [0.2, 0.25) is 5.02 Å². The van der Waals surface area contributed by atoms with Crippen molar-refractivity contribution in [1.29, 1.82) is 0 Å². The number of rotatable bonds is 7. The highest BCUT2D eigenvalue weighted by Gasteiger charge is 2.07. The van der Waals surface area contributed by atoms with E-state index in [1.165, 1.54) is 0 Å². The lowest BCUT2D eigenvalue weighted by molar-refractivity contribution is -0.119.